The number of halogens is 1. The second kappa shape index (κ2) is 6.66. The second-order valence-corrected chi connectivity index (χ2v) is 8.39. The predicted octanol–water partition coefficient (Wildman–Crippen LogP) is 4.15. The lowest BCUT2D eigenvalue weighted by Crippen LogP contribution is -2.13. The molecule has 0 radical (unpaired) electrons. The number of hydrogen-bond donors (Lipinski definition) is 2. The van der Waals surface area contributed by atoms with Crippen LogP contribution >= 0.6 is 11.6 Å². The highest BCUT2D eigenvalue weighted by Crippen LogP contribution is 2.32. The average Bonchev–Trinajstić information content (AvgIpc) is 2.95. The van der Waals surface area contributed by atoms with Crippen molar-refractivity contribution < 1.29 is 22.7 Å². The van der Waals surface area contributed by atoms with E-state index in [0.717, 1.165) is 0 Å². The number of phenolic OH excluding ortho intramolecular Hbond substituents is 1. The van der Waals surface area contributed by atoms with Gasteiger partial charge in [0, 0.05) is 10.9 Å². The number of nitrogens with one attached hydrogen (secondary N) is 1. The first kappa shape index (κ1) is 18.3. The molecule has 8 heteroatoms. The summed E-state index contributed by atoms with van der Waals surface area (Å²) in [5.74, 6) is -0.917. The summed E-state index contributed by atoms with van der Waals surface area (Å²) in [6, 6.07) is 8.91. The molecule has 136 valence electrons. The number of benzene rings is 2. The molecule has 1 amide bonds. The van der Waals surface area contributed by atoms with Gasteiger partial charge in [-0.15, -0.1) is 0 Å². The van der Waals surface area contributed by atoms with Crippen molar-refractivity contribution in [2.75, 3.05) is 11.1 Å². The summed E-state index contributed by atoms with van der Waals surface area (Å²) >= 11 is 6.09. The summed E-state index contributed by atoms with van der Waals surface area (Å²) < 4.78 is 29.6. The molecule has 0 saturated heterocycles. The van der Waals surface area contributed by atoms with E-state index in [1.54, 1.807) is 25.1 Å². The van der Waals surface area contributed by atoms with Crippen LogP contribution in [0.1, 0.15) is 23.0 Å². The van der Waals surface area contributed by atoms with Gasteiger partial charge in [-0.25, -0.2) is 8.42 Å². The van der Waals surface area contributed by atoms with Crippen molar-refractivity contribution in [3.8, 4) is 5.75 Å². The Bertz CT molecular complexity index is 1120. The lowest BCUT2D eigenvalue weighted by molar-refractivity contribution is 0.0997. The number of anilines is 1. The zero-order valence-corrected chi connectivity index (χ0v) is 15.6. The maximum absolute atomic E-state index is 12.6. The topological polar surface area (TPSA) is 96.6 Å². The molecule has 26 heavy (non-hydrogen) atoms. The molecular weight excluding hydrogens is 378 g/mol. The zero-order chi connectivity index (χ0) is 19.1. The first-order valence-electron chi connectivity index (χ1n) is 7.79. The van der Waals surface area contributed by atoms with Gasteiger partial charge in [-0.1, -0.05) is 30.7 Å². The number of sulfone groups is 1. The van der Waals surface area contributed by atoms with E-state index in [-0.39, 0.29) is 27.8 Å². The summed E-state index contributed by atoms with van der Waals surface area (Å²) in [6.07, 6.45) is 0. The van der Waals surface area contributed by atoms with Crippen LogP contribution in [0.3, 0.4) is 0 Å². The highest BCUT2D eigenvalue weighted by molar-refractivity contribution is 7.91. The van der Waals surface area contributed by atoms with E-state index < -0.39 is 15.7 Å². The number of carbonyl (C=O) groups is 1. The van der Waals surface area contributed by atoms with Crippen molar-refractivity contribution in [2.24, 2.45) is 0 Å². The number of phenols is 1. The molecule has 1 heterocycles. The number of fused-ring (bicyclic) bond motifs is 1. The van der Waals surface area contributed by atoms with Crippen LogP contribution in [0.5, 0.6) is 5.75 Å². The standard InChI is InChI=1S/C18H16ClNO5S/c1-3-26(23,24)11-7-8-15(21)14(9-11)20-18(22)16-10(2)12-5-4-6-13(19)17(12)25-16/h4-9,21H,3H2,1-2H3,(H,20,22). The van der Waals surface area contributed by atoms with Crippen LogP contribution in [0.2, 0.25) is 5.02 Å². The maximum atomic E-state index is 12.6. The highest BCUT2D eigenvalue weighted by atomic mass is 35.5. The smallest absolute Gasteiger partial charge is 0.291 e. The van der Waals surface area contributed by atoms with Crippen LogP contribution in [0, 0.1) is 6.92 Å². The SMILES string of the molecule is CCS(=O)(=O)c1ccc(O)c(NC(=O)c2oc3c(Cl)cccc3c2C)c1. The number of rotatable bonds is 4. The molecule has 2 aromatic carbocycles. The largest absolute Gasteiger partial charge is 0.506 e. The van der Waals surface area contributed by atoms with E-state index in [2.05, 4.69) is 5.32 Å². The third-order valence-corrected chi connectivity index (χ3v) is 6.11. The van der Waals surface area contributed by atoms with Crippen molar-refractivity contribution >= 4 is 44.0 Å². The Labute approximate surface area is 155 Å². The van der Waals surface area contributed by atoms with E-state index in [4.69, 9.17) is 16.0 Å². The zero-order valence-electron chi connectivity index (χ0n) is 14.0. The van der Waals surface area contributed by atoms with Crippen LogP contribution in [-0.2, 0) is 9.84 Å². The lowest BCUT2D eigenvalue weighted by Gasteiger charge is -2.09. The molecule has 6 nitrogen and oxygen atoms in total. The lowest BCUT2D eigenvalue weighted by atomic mass is 10.1. The van der Waals surface area contributed by atoms with E-state index in [0.29, 0.717) is 21.6 Å². The molecular formula is C18H16ClNO5S. The Hall–Kier alpha value is -2.51. The molecule has 0 aliphatic rings. The van der Waals surface area contributed by atoms with Crippen molar-refractivity contribution in [3.05, 3.63) is 52.7 Å². The van der Waals surface area contributed by atoms with Crippen LogP contribution in [0.15, 0.2) is 45.7 Å². The molecule has 3 aromatic rings. The average molecular weight is 394 g/mol. The minimum absolute atomic E-state index is 0.0115. The monoisotopic (exact) mass is 393 g/mol. The molecule has 2 N–H and O–H groups in total. The minimum Gasteiger partial charge on any atom is -0.506 e. The first-order chi connectivity index (χ1) is 12.2. The number of aromatic hydroxyl groups is 1. The summed E-state index contributed by atoms with van der Waals surface area (Å²) in [7, 11) is -3.48. The second-order valence-electron chi connectivity index (χ2n) is 5.71. The summed E-state index contributed by atoms with van der Waals surface area (Å²) in [6.45, 7) is 3.23. The fourth-order valence-electron chi connectivity index (χ4n) is 2.58. The first-order valence-corrected chi connectivity index (χ1v) is 9.82. The van der Waals surface area contributed by atoms with Gasteiger partial charge in [0.25, 0.3) is 5.91 Å². The van der Waals surface area contributed by atoms with Crippen molar-refractivity contribution in [1.29, 1.82) is 0 Å². The molecule has 3 rings (SSSR count). The number of amides is 1. The molecule has 0 aliphatic carbocycles. The molecule has 0 aliphatic heterocycles. The number of para-hydroxylation sites is 1. The quantitative estimate of drug-likeness (QED) is 0.649. The molecule has 0 fully saturated rings. The highest BCUT2D eigenvalue weighted by Gasteiger charge is 2.21. The summed E-state index contributed by atoms with van der Waals surface area (Å²) in [5.41, 5.74) is 0.968. The van der Waals surface area contributed by atoms with E-state index in [1.165, 1.54) is 25.1 Å². The normalized spacial score (nSPS) is 11.7. The van der Waals surface area contributed by atoms with Crippen molar-refractivity contribution in [3.63, 3.8) is 0 Å². The van der Waals surface area contributed by atoms with Crippen LogP contribution < -0.4 is 5.32 Å². The van der Waals surface area contributed by atoms with Gasteiger partial charge in [0.2, 0.25) is 0 Å². The number of aryl methyl sites for hydroxylation is 1. The third kappa shape index (κ3) is 3.15. The fraction of sp³-hybridized carbons (Fsp3) is 0.167. The van der Waals surface area contributed by atoms with E-state index in [1.807, 2.05) is 0 Å². The Morgan fingerprint density at radius 3 is 2.65 bits per heavy atom. The third-order valence-electron chi connectivity index (χ3n) is 4.08. The van der Waals surface area contributed by atoms with Gasteiger partial charge >= 0.3 is 0 Å². The van der Waals surface area contributed by atoms with Gasteiger partial charge < -0.3 is 14.8 Å². The number of carbonyl (C=O) groups excluding carboxylic acids is 1. The van der Waals surface area contributed by atoms with Gasteiger partial charge in [-0.05, 0) is 31.2 Å². The van der Waals surface area contributed by atoms with Crippen LogP contribution in [0.25, 0.3) is 11.0 Å². The molecule has 0 saturated carbocycles. The van der Waals surface area contributed by atoms with Crippen LogP contribution in [0.4, 0.5) is 5.69 Å². The number of hydrogen-bond acceptors (Lipinski definition) is 5. The van der Waals surface area contributed by atoms with Gasteiger partial charge in [0.05, 0.1) is 21.4 Å². The van der Waals surface area contributed by atoms with E-state index in [9.17, 15) is 18.3 Å². The Morgan fingerprint density at radius 2 is 2.00 bits per heavy atom. The van der Waals surface area contributed by atoms with Crippen molar-refractivity contribution in [1.82, 2.24) is 0 Å². The Balaban J connectivity index is 2.00. The van der Waals surface area contributed by atoms with Crippen LogP contribution in [-0.4, -0.2) is 25.2 Å². The maximum Gasteiger partial charge on any atom is 0.291 e. The Morgan fingerprint density at radius 1 is 1.27 bits per heavy atom. The summed E-state index contributed by atoms with van der Waals surface area (Å²) in [4.78, 5) is 12.6. The van der Waals surface area contributed by atoms with Gasteiger partial charge in [-0.3, -0.25) is 4.79 Å². The molecule has 0 spiro atoms. The molecule has 1 aromatic heterocycles. The van der Waals surface area contributed by atoms with E-state index >= 15 is 0 Å². The fourth-order valence-corrected chi connectivity index (χ4v) is 3.70. The molecule has 0 atom stereocenters. The Kier molecular flexibility index (Phi) is 4.68. The molecule has 0 unspecified atom stereocenters. The summed E-state index contributed by atoms with van der Waals surface area (Å²) in [5, 5.41) is 13.5. The van der Waals surface area contributed by atoms with Gasteiger partial charge in [0.1, 0.15) is 5.75 Å². The molecule has 0 bridgehead atoms. The predicted molar refractivity (Wildman–Crippen MR) is 99.7 cm³/mol. The minimum atomic E-state index is -3.48. The number of furan rings is 1. The van der Waals surface area contributed by atoms with Crippen molar-refractivity contribution in [2.45, 2.75) is 18.7 Å². The van der Waals surface area contributed by atoms with Gasteiger partial charge in [0.15, 0.2) is 21.2 Å². The van der Waals surface area contributed by atoms with Gasteiger partial charge in [-0.2, -0.15) is 0 Å².